The predicted molar refractivity (Wildman–Crippen MR) is 109 cm³/mol. The van der Waals surface area contributed by atoms with Crippen LogP contribution in [0.5, 0.6) is 0 Å². The van der Waals surface area contributed by atoms with E-state index >= 15 is 0 Å². The van der Waals surface area contributed by atoms with E-state index in [1.54, 1.807) is 0 Å². The predicted octanol–water partition coefficient (Wildman–Crippen LogP) is 3.75. The fourth-order valence-corrected chi connectivity index (χ4v) is 6.19. The zero-order valence-electron chi connectivity index (χ0n) is 17.5. The molecule has 5 rings (SSSR count). The number of aryl methyl sites for hydroxylation is 2. The number of ketones is 1. The molecule has 0 radical (unpaired) electrons. The van der Waals surface area contributed by atoms with Gasteiger partial charge in [-0.2, -0.15) is 0 Å². The third-order valence-electron chi connectivity index (χ3n) is 7.19. The number of carbonyl (C=O) groups excluding carboxylic acids is 3. The van der Waals surface area contributed by atoms with Gasteiger partial charge in [-0.3, -0.25) is 14.4 Å². The van der Waals surface area contributed by atoms with E-state index in [1.807, 2.05) is 32.0 Å². The summed E-state index contributed by atoms with van der Waals surface area (Å²) in [6.07, 6.45) is 7.03. The van der Waals surface area contributed by atoms with E-state index < -0.39 is 5.97 Å². The van der Waals surface area contributed by atoms with Crippen LogP contribution in [0.2, 0.25) is 0 Å². The summed E-state index contributed by atoms with van der Waals surface area (Å²) in [7, 11) is 0. The van der Waals surface area contributed by atoms with Crippen LogP contribution in [-0.2, 0) is 14.3 Å². The fraction of sp³-hybridized carbons (Fsp3) is 0.625. The van der Waals surface area contributed by atoms with Gasteiger partial charge in [-0.05, 0) is 81.8 Å². The van der Waals surface area contributed by atoms with Crippen LogP contribution >= 0.6 is 0 Å². The van der Waals surface area contributed by atoms with E-state index in [4.69, 9.17) is 4.74 Å². The Morgan fingerprint density at radius 2 is 1.66 bits per heavy atom. The van der Waals surface area contributed by atoms with Gasteiger partial charge >= 0.3 is 5.97 Å². The molecule has 0 aromatic heterocycles. The van der Waals surface area contributed by atoms with Gasteiger partial charge in [0.1, 0.15) is 0 Å². The second-order valence-electron chi connectivity index (χ2n) is 9.61. The smallest absolute Gasteiger partial charge is 0.308 e. The number of Topliss-reactive ketones (excluding diaryl/α,β-unsaturated/α-hetero) is 1. The summed E-state index contributed by atoms with van der Waals surface area (Å²) in [5.41, 5.74) is 2.27. The first-order chi connectivity index (χ1) is 13.8. The Labute approximate surface area is 172 Å². The lowest BCUT2D eigenvalue weighted by molar-refractivity contribution is -0.147. The van der Waals surface area contributed by atoms with Crippen LogP contribution in [0.4, 0.5) is 0 Å². The van der Waals surface area contributed by atoms with E-state index in [1.165, 1.54) is 19.3 Å². The molecule has 4 fully saturated rings. The minimum Gasteiger partial charge on any atom is -0.457 e. The molecule has 5 heteroatoms. The van der Waals surface area contributed by atoms with Crippen molar-refractivity contribution >= 4 is 17.7 Å². The number of benzene rings is 1. The van der Waals surface area contributed by atoms with Crippen LogP contribution in [0.3, 0.4) is 0 Å². The quantitative estimate of drug-likeness (QED) is 0.562. The van der Waals surface area contributed by atoms with E-state index in [2.05, 4.69) is 5.32 Å². The second-order valence-corrected chi connectivity index (χ2v) is 9.61. The molecule has 4 bridgehead atoms. The van der Waals surface area contributed by atoms with Gasteiger partial charge in [0.05, 0.1) is 6.42 Å². The fourth-order valence-electron chi connectivity index (χ4n) is 6.19. The second kappa shape index (κ2) is 7.92. The molecule has 0 saturated heterocycles. The summed E-state index contributed by atoms with van der Waals surface area (Å²) in [5, 5.41) is 2.98. The molecule has 1 aromatic carbocycles. The highest BCUT2D eigenvalue weighted by molar-refractivity contribution is 5.99. The number of rotatable bonds is 7. The molecule has 0 spiro atoms. The minimum absolute atomic E-state index is 0.0954. The van der Waals surface area contributed by atoms with Crippen LogP contribution in [0.15, 0.2) is 18.2 Å². The van der Waals surface area contributed by atoms with Crippen molar-refractivity contribution in [1.29, 1.82) is 0 Å². The lowest BCUT2D eigenvalue weighted by atomic mass is 9.49. The largest absolute Gasteiger partial charge is 0.457 e. The number of hydrogen-bond acceptors (Lipinski definition) is 4. The Kier molecular flexibility index (Phi) is 5.50. The molecule has 5 nitrogen and oxygen atoms in total. The SMILES string of the molecule is Cc1ccc(C)c(C(=O)COC(=O)CCNC(=O)C23CC4CC(CC(C4)C2)C3)c1. The van der Waals surface area contributed by atoms with E-state index in [9.17, 15) is 14.4 Å². The highest BCUT2D eigenvalue weighted by Gasteiger charge is 2.54. The summed E-state index contributed by atoms with van der Waals surface area (Å²) in [4.78, 5) is 37.2. The zero-order chi connectivity index (χ0) is 20.6. The van der Waals surface area contributed by atoms with E-state index in [-0.39, 0.29) is 36.7 Å². The zero-order valence-corrected chi connectivity index (χ0v) is 17.5. The number of nitrogens with one attached hydrogen (secondary N) is 1. The maximum absolute atomic E-state index is 12.9. The van der Waals surface area contributed by atoms with Crippen molar-refractivity contribution in [2.75, 3.05) is 13.2 Å². The van der Waals surface area contributed by atoms with Gasteiger partial charge in [-0.15, -0.1) is 0 Å². The van der Waals surface area contributed by atoms with Crippen molar-refractivity contribution in [3.63, 3.8) is 0 Å². The average molecular weight is 398 g/mol. The first kappa shape index (κ1) is 20.1. The molecular formula is C24H31NO4. The molecule has 1 N–H and O–H groups in total. The number of esters is 1. The van der Waals surface area contributed by atoms with Crippen molar-refractivity contribution in [1.82, 2.24) is 5.32 Å². The first-order valence-electron chi connectivity index (χ1n) is 10.9. The molecule has 0 heterocycles. The van der Waals surface area contributed by atoms with Crippen LogP contribution < -0.4 is 5.32 Å². The average Bonchev–Trinajstić information content (AvgIpc) is 2.67. The minimum atomic E-state index is -0.450. The number of carbonyl (C=O) groups is 3. The Morgan fingerprint density at radius 3 is 2.28 bits per heavy atom. The lowest BCUT2D eigenvalue weighted by Gasteiger charge is -2.55. The molecule has 156 valence electrons. The molecule has 1 aromatic rings. The van der Waals surface area contributed by atoms with Crippen LogP contribution in [0, 0.1) is 37.0 Å². The van der Waals surface area contributed by atoms with Gasteiger partial charge in [-0.1, -0.05) is 17.7 Å². The third kappa shape index (κ3) is 4.24. The molecule has 29 heavy (non-hydrogen) atoms. The van der Waals surface area contributed by atoms with Gasteiger partial charge in [0.25, 0.3) is 0 Å². The number of amides is 1. The molecule has 0 atom stereocenters. The number of hydrogen-bond donors (Lipinski definition) is 1. The highest BCUT2D eigenvalue weighted by atomic mass is 16.5. The van der Waals surface area contributed by atoms with Crippen molar-refractivity contribution in [2.24, 2.45) is 23.2 Å². The van der Waals surface area contributed by atoms with Crippen molar-refractivity contribution < 1.29 is 19.1 Å². The van der Waals surface area contributed by atoms with Gasteiger partial charge in [-0.25, -0.2) is 0 Å². The Hall–Kier alpha value is -2.17. The standard InChI is InChI=1S/C24H31NO4/c1-15-3-4-16(2)20(7-15)21(26)14-29-22(27)5-6-25-23(28)24-11-17-8-18(12-24)10-19(9-17)13-24/h3-4,7,17-19H,5-6,8-14H2,1-2H3,(H,25,28). The lowest BCUT2D eigenvalue weighted by Crippen LogP contribution is -2.53. The van der Waals surface area contributed by atoms with Crippen molar-refractivity contribution in [3.8, 4) is 0 Å². The summed E-state index contributed by atoms with van der Waals surface area (Å²) >= 11 is 0. The molecular weight excluding hydrogens is 366 g/mol. The van der Waals surface area contributed by atoms with Crippen LogP contribution in [0.25, 0.3) is 0 Å². The molecule has 4 aliphatic rings. The maximum Gasteiger partial charge on any atom is 0.308 e. The Balaban J connectivity index is 1.22. The van der Waals surface area contributed by atoms with Crippen LogP contribution in [0.1, 0.15) is 66.4 Å². The molecule has 0 aliphatic heterocycles. The summed E-state index contributed by atoms with van der Waals surface area (Å²) < 4.78 is 5.14. The molecule has 4 saturated carbocycles. The monoisotopic (exact) mass is 397 g/mol. The normalized spacial score (nSPS) is 29.5. The third-order valence-corrected chi connectivity index (χ3v) is 7.19. The van der Waals surface area contributed by atoms with Crippen molar-refractivity contribution in [3.05, 3.63) is 34.9 Å². The molecule has 0 unspecified atom stereocenters. The summed E-state index contributed by atoms with van der Waals surface area (Å²) in [6, 6.07) is 5.66. The maximum atomic E-state index is 12.9. The Morgan fingerprint density at radius 1 is 1.03 bits per heavy atom. The van der Waals surface area contributed by atoms with Crippen molar-refractivity contribution in [2.45, 2.75) is 58.8 Å². The van der Waals surface area contributed by atoms with Gasteiger partial charge in [0.2, 0.25) is 11.7 Å². The van der Waals surface area contributed by atoms with Crippen LogP contribution in [-0.4, -0.2) is 30.8 Å². The summed E-state index contributed by atoms with van der Waals surface area (Å²) in [6.45, 7) is 3.81. The topological polar surface area (TPSA) is 72.5 Å². The van der Waals surface area contributed by atoms with E-state index in [0.717, 1.165) is 30.4 Å². The number of ether oxygens (including phenoxy) is 1. The highest BCUT2D eigenvalue weighted by Crippen LogP contribution is 2.60. The first-order valence-corrected chi connectivity index (χ1v) is 10.9. The van der Waals surface area contributed by atoms with E-state index in [0.29, 0.717) is 23.3 Å². The van der Waals surface area contributed by atoms with Gasteiger partial charge in [0, 0.05) is 17.5 Å². The summed E-state index contributed by atoms with van der Waals surface area (Å²) in [5.74, 6) is 1.62. The molecule has 4 aliphatic carbocycles. The molecule has 1 amide bonds. The van der Waals surface area contributed by atoms with Gasteiger partial charge in [0.15, 0.2) is 6.61 Å². The Bertz CT molecular complexity index is 793. The van der Waals surface area contributed by atoms with Gasteiger partial charge < -0.3 is 10.1 Å².